The van der Waals surface area contributed by atoms with Gasteiger partial charge in [-0.3, -0.25) is 0 Å². The van der Waals surface area contributed by atoms with Gasteiger partial charge < -0.3 is 0 Å². The van der Waals surface area contributed by atoms with E-state index in [2.05, 4.69) is 0 Å². The van der Waals surface area contributed by atoms with Gasteiger partial charge in [0, 0.05) is 0 Å². The van der Waals surface area contributed by atoms with Crippen LogP contribution < -0.4 is 0 Å². The summed E-state index contributed by atoms with van der Waals surface area (Å²) in [6.45, 7) is 1.80. The second kappa shape index (κ2) is 6.15. The first kappa shape index (κ1) is 13.4. The first-order valence-electron chi connectivity index (χ1n) is 5.64. The Hall–Kier alpha value is -0.680. The first-order valence-corrected chi connectivity index (χ1v) is 6.67. The van der Waals surface area contributed by atoms with E-state index < -0.39 is 5.60 Å². The van der Waals surface area contributed by atoms with Crippen LogP contribution in [0, 0.1) is 6.13 Å². The van der Waals surface area contributed by atoms with Crippen molar-refractivity contribution in [2.45, 2.75) is 44.6 Å². The van der Waals surface area contributed by atoms with Crippen molar-refractivity contribution < 1.29 is 9.90 Å². The molecule has 0 atom stereocenters. The van der Waals surface area contributed by atoms with Crippen LogP contribution in [0.1, 0.15) is 39.0 Å². The van der Waals surface area contributed by atoms with E-state index in [1.807, 2.05) is 0 Å². The molecule has 2 nitrogen and oxygen atoms in total. The molecule has 0 bridgehead atoms. The van der Waals surface area contributed by atoms with Crippen molar-refractivity contribution >= 4 is 13.8 Å². The third kappa shape index (κ3) is 3.15. The van der Waals surface area contributed by atoms with Gasteiger partial charge in [0.1, 0.15) is 0 Å². The standard InChI is InChI=1S/C13H18O2P/c1-3-11(7-10-16-2)12(14)13(15)8-5-4-6-9-13/h2-3,7,10,15H,4-6,8-9H2,1H3/q+1/b10-7-,11-3+. The van der Waals surface area contributed by atoms with Crippen LogP contribution in [0.3, 0.4) is 0 Å². The molecule has 16 heavy (non-hydrogen) atoms. The summed E-state index contributed by atoms with van der Waals surface area (Å²) >= 11 is 0. The van der Waals surface area contributed by atoms with E-state index >= 15 is 0 Å². The van der Waals surface area contributed by atoms with Gasteiger partial charge in [-0.1, -0.05) is 0 Å². The van der Waals surface area contributed by atoms with Gasteiger partial charge in [-0.15, -0.1) is 0 Å². The van der Waals surface area contributed by atoms with Crippen molar-refractivity contribution in [3.05, 3.63) is 23.5 Å². The van der Waals surface area contributed by atoms with Crippen LogP contribution in [0.2, 0.25) is 0 Å². The second-order valence-corrected chi connectivity index (χ2v) is 4.73. The van der Waals surface area contributed by atoms with Crippen molar-refractivity contribution in [2.75, 3.05) is 0 Å². The Morgan fingerprint density at radius 1 is 1.38 bits per heavy atom. The summed E-state index contributed by atoms with van der Waals surface area (Å²) in [6, 6.07) is 0. The molecular weight excluding hydrogens is 219 g/mol. The zero-order chi connectivity index (χ0) is 12.0. The van der Waals surface area contributed by atoms with Crippen LogP contribution >= 0.6 is 8.04 Å². The molecule has 0 unspecified atom stereocenters. The molecule has 0 radical (unpaired) electrons. The van der Waals surface area contributed by atoms with E-state index in [0.29, 0.717) is 26.5 Å². The molecule has 0 aromatic rings. The van der Waals surface area contributed by atoms with Gasteiger partial charge in [0.2, 0.25) is 0 Å². The van der Waals surface area contributed by atoms with Crippen molar-refractivity contribution in [3.8, 4) is 6.13 Å². The maximum atomic E-state index is 12.1. The molecule has 0 heterocycles. The Bertz CT molecular complexity index is 355. The minimum absolute atomic E-state index is 0.158. The van der Waals surface area contributed by atoms with Crippen LogP contribution in [-0.4, -0.2) is 16.5 Å². The van der Waals surface area contributed by atoms with Crippen molar-refractivity contribution in [1.82, 2.24) is 0 Å². The van der Waals surface area contributed by atoms with Gasteiger partial charge in [0.25, 0.3) is 0 Å². The molecule has 0 amide bonds. The molecule has 0 spiro atoms. The number of hydrogen-bond acceptors (Lipinski definition) is 2. The average molecular weight is 237 g/mol. The quantitative estimate of drug-likeness (QED) is 0.465. The van der Waals surface area contributed by atoms with Crippen LogP contribution in [0.25, 0.3) is 0 Å². The average Bonchev–Trinajstić information content (AvgIpc) is 2.31. The van der Waals surface area contributed by atoms with E-state index in [0.717, 1.165) is 19.3 Å². The number of aliphatic hydroxyl groups is 1. The van der Waals surface area contributed by atoms with Crippen LogP contribution in [0.15, 0.2) is 23.5 Å². The van der Waals surface area contributed by atoms with Crippen molar-refractivity contribution in [3.63, 3.8) is 0 Å². The molecule has 1 rings (SSSR count). The molecule has 3 heteroatoms. The van der Waals surface area contributed by atoms with E-state index in [9.17, 15) is 9.90 Å². The number of carbonyl (C=O) groups is 1. The molecule has 1 aliphatic carbocycles. The fourth-order valence-electron chi connectivity index (χ4n) is 2.06. The number of allylic oxidation sites excluding steroid dienone is 2. The zero-order valence-electron chi connectivity index (χ0n) is 9.65. The van der Waals surface area contributed by atoms with Crippen molar-refractivity contribution in [1.29, 1.82) is 0 Å². The van der Waals surface area contributed by atoms with Gasteiger partial charge in [-0.05, 0) is 0 Å². The summed E-state index contributed by atoms with van der Waals surface area (Å²) in [5.41, 5.74) is -0.585. The minimum atomic E-state index is -1.14. The SMILES string of the molecule is C#[P+]/C=C\C(=C/C)C(=O)C1(O)CCCCC1. The summed E-state index contributed by atoms with van der Waals surface area (Å²) in [4.78, 5) is 12.1. The van der Waals surface area contributed by atoms with Gasteiger partial charge in [-0.2, -0.15) is 0 Å². The fraction of sp³-hybridized carbons (Fsp3) is 0.538. The molecule has 1 saturated carbocycles. The Morgan fingerprint density at radius 3 is 2.50 bits per heavy atom. The summed E-state index contributed by atoms with van der Waals surface area (Å²) in [5, 5.41) is 10.3. The molecule has 86 valence electrons. The number of Topliss-reactive ketones (excluding diaryl/α,β-unsaturated/α-hetero) is 1. The Morgan fingerprint density at radius 2 is 2.00 bits per heavy atom. The Labute approximate surface area is 98.5 Å². The number of hydrogen-bond donors (Lipinski definition) is 1. The van der Waals surface area contributed by atoms with Crippen LogP contribution in [0.4, 0.5) is 0 Å². The first-order chi connectivity index (χ1) is 7.64. The number of rotatable bonds is 3. The van der Waals surface area contributed by atoms with Crippen LogP contribution in [-0.2, 0) is 4.79 Å². The summed E-state index contributed by atoms with van der Waals surface area (Å²) < 4.78 is 0. The predicted molar refractivity (Wildman–Crippen MR) is 67.8 cm³/mol. The van der Waals surface area contributed by atoms with Gasteiger partial charge >= 0.3 is 98.0 Å². The molecule has 0 aromatic heterocycles. The van der Waals surface area contributed by atoms with Crippen molar-refractivity contribution in [2.24, 2.45) is 0 Å². The molecular formula is C13H18O2P+. The Kier molecular flexibility index (Phi) is 5.15. The summed E-state index contributed by atoms with van der Waals surface area (Å²) in [7, 11) is 0.622. The normalized spacial score (nSPS) is 20.9. The van der Waals surface area contributed by atoms with Gasteiger partial charge in [-0.25, -0.2) is 0 Å². The second-order valence-electron chi connectivity index (χ2n) is 4.13. The maximum absolute atomic E-state index is 12.1. The summed E-state index contributed by atoms with van der Waals surface area (Å²) in [6.07, 6.45) is 12.9. The Balaban J connectivity index is 2.83. The molecule has 1 fully saturated rings. The predicted octanol–water partition coefficient (Wildman–Crippen LogP) is 3.25. The van der Waals surface area contributed by atoms with E-state index in [4.69, 9.17) is 6.13 Å². The topological polar surface area (TPSA) is 37.3 Å². The van der Waals surface area contributed by atoms with Gasteiger partial charge in [0.15, 0.2) is 0 Å². The van der Waals surface area contributed by atoms with E-state index in [1.165, 1.54) is 0 Å². The van der Waals surface area contributed by atoms with E-state index in [-0.39, 0.29) is 5.78 Å². The molecule has 0 saturated heterocycles. The molecule has 1 aliphatic rings. The third-order valence-electron chi connectivity index (χ3n) is 3.02. The van der Waals surface area contributed by atoms with Gasteiger partial charge in [0.05, 0.1) is 0 Å². The van der Waals surface area contributed by atoms with Crippen LogP contribution in [0.5, 0.6) is 0 Å². The number of carbonyl (C=O) groups excluding carboxylic acids is 1. The molecule has 0 aromatic carbocycles. The molecule has 0 aliphatic heterocycles. The zero-order valence-corrected chi connectivity index (χ0v) is 10.5. The molecule has 1 N–H and O–H groups in total. The fourth-order valence-corrected chi connectivity index (χ4v) is 2.31. The third-order valence-corrected chi connectivity index (χ3v) is 3.34. The number of ketones is 1. The monoisotopic (exact) mass is 237 g/mol. The summed E-state index contributed by atoms with van der Waals surface area (Å²) in [5.74, 6) is 1.55. The van der Waals surface area contributed by atoms with E-state index in [1.54, 1.807) is 24.9 Å².